The molecule has 1 fully saturated rings. The SMILES string of the molecule is CCOC(=O)c1ccc(NC(=O)CSc2cc(N3CCCC[C@@H]3C)ncn2)cc1. The zero-order chi connectivity index (χ0) is 20.6. The van der Waals surface area contributed by atoms with Crippen molar-refractivity contribution in [2.75, 3.05) is 29.1 Å². The Bertz CT molecular complexity index is 844. The molecule has 3 rings (SSSR count). The van der Waals surface area contributed by atoms with E-state index in [0.717, 1.165) is 17.4 Å². The number of aromatic nitrogens is 2. The molecule has 8 heteroatoms. The lowest BCUT2D eigenvalue weighted by molar-refractivity contribution is -0.113. The van der Waals surface area contributed by atoms with E-state index in [-0.39, 0.29) is 17.6 Å². The van der Waals surface area contributed by atoms with Gasteiger partial charge in [-0.05, 0) is 57.4 Å². The van der Waals surface area contributed by atoms with Crippen LogP contribution >= 0.6 is 11.8 Å². The Kier molecular flexibility index (Phi) is 7.46. The molecule has 0 aliphatic carbocycles. The predicted octanol–water partition coefficient (Wildman–Crippen LogP) is 3.76. The van der Waals surface area contributed by atoms with Crippen molar-refractivity contribution >= 4 is 35.1 Å². The number of esters is 1. The third kappa shape index (κ3) is 5.93. The van der Waals surface area contributed by atoms with E-state index >= 15 is 0 Å². The van der Waals surface area contributed by atoms with Crippen LogP contribution in [0, 0.1) is 0 Å². The average molecular weight is 415 g/mol. The van der Waals surface area contributed by atoms with E-state index < -0.39 is 0 Å². The van der Waals surface area contributed by atoms with Crippen LogP contribution < -0.4 is 10.2 Å². The number of carbonyl (C=O) groups is 2. The summed E-state index contributed by atoms with van der Waals surface area (Å²) in [5.41, 5.74) is 1.09. The normalized spacial score (nSPS) is 16.3. The summed E-state index contributed by atoms with van der Waals surface area (Å²) in [5, 5.41) is 3.61. The van der Waals surface area contributed by atoms with E-state index in [1.165, 1.54) is 31.0 Å². The van der Waals surface area contributed by atoms with Gasteiger partial charge >= 0.3 is 5.97 Å². The number of nitrogens with one attached hydrogen (secondary N) is 1. The van der Waals surface area contributed by atoms with Crippen LogP contribution in [0.1, 0.15) is 43.5 Å². The van der Waals surface area contributed by atoms with Gasteiger partial charge in [-0.15, -0.1) is 0 Å². The number of amides is 1. The zero-order valence-electron chi connectivity index (χ0n) is 16.8. The number of nitrogens with zero attached hydrogens (tertiary/aromatic N) is 3. The first-order chi connectivity index (χ1) is 14.1. The molecule has 154 valence electrons. The van der Waals surface area contributed by atoms with Crippen molar-refractivity contribution in [3.8, 4) is 0 Å². The summed E-state index contributed by atoms with van der Waals surface area (Å²) in [5.74, 6) is 0.657. The molecule has 1 aliphatic rings. The number of carbonyl (C=O) groups excluding carboxylic acids is 2. The highest BCUT2D eigenvalue weighted by Gasteiger charge is 2.20. The highest BCUT2D eigenvalue weighted by molar-refractivity contribution is 7.99. The molecule has 1 atom stereocenters. The molecular formula is C21H26N4O3S. The van der Waals surface area contributed by atoms with Gasteiger partial charge in [0, 0.05) is 24.3 Å². The first-order valence-corrected chi connectivity index (χ1v) is 10.8. The lowest BCUT2D eigenvalue weighted by Crippen LogP contribution is -2.38. The monoisotopic (exact) mass is 414 g/mol. The number of hydrogen-bond donors (Lipinski definition) is 1. The highest BCUT2D eigenvalue weighted by Crippen LogP contribution is 2.25. The smallest absolute Gasteiger partial charge is 0.338 e. The Morgan fingerprint density at radius 1 is 1.24 bits per heavy atom. The first-order valence-electron chi connectivity index (χ1n) is 9.85. The van der Waals surface area contributed by atoms with Gasteiger partial charge in [-0.25, -0.2) is 14.8 Å². The number of ether oxygens (including phenoxy) is 1. The van der Waals surface area contributed by atoms with E-state index in [9.17, 15) is 9.59 Å². The summed E-state index contributed by atoms with van der Waals surface area (Å²) >= 11 is 1.38. The minimum absolute atomic E-state index is 0.134. The van der Waals surface area contributed by atoms with Crippen molar-refractivity contribution in [1.82, 2.24) is 9.97 Å². The van der Waals surface area contributed by atoms with Crippen molar-refractivity contribution in [3.05, 3.63) is 42.2 Å². The Hall–Kier alpha value is -2.61. The fourth-order valence-electron chi connectivity index (χ4n) is 3.25. The van der Waals surface area contributed by atoms with Crippen LogP contribution in [-0.4, -0.2) is 46.8 Å². The van der Waals surface area contributed by atoms with Crippen molar-refractivity contribution < 1.29 is 14.3 Å². The number of hydrogen-bond acceptors (Lipinski definition) is 7. The zero-order valence-corrected chi connectivity index (χ0v) is 17.6. The standard InChI is InChI=1S/C21H26N4O3S/c1-3-28-21(27)16-7-9-17(10-8-16)24-19(26)13-29-20-12-18(22-14-23-20)25-11-5-4-6-15(25)2/h7-10,12,14-15H,3-6,11,13H2,1-2H3,(H,24,26)/t15-/m0/s1. The lowest BCUT2D eigenvalue weighted by atomic mass is 10.0. The minimum atomic E-state index is -0.372. The van der Waals surface area contributed by atoms with Crippen LogP contribution in [0.25, 0.3) is 0 Å². The number of benzene rings is 1. The van der Waals surface area contributed by atoms with Crippen molar-refractivity contribution in [3.63, 3.8) is 0 Å². The molecule has 7 nitrogen and oxygen atoms in total. The molecule has 0 saturated carbocycles. The molecule has 2 heterocycles. The molecule has 0 radical (unpaired) electrons. The molecule has 0 spiro atoms. The molecule has 1 aliphatic heterocycles. The van der Waals surface area contributed by atoms with E-state index in [0.29, 0.717) is 23.9 Å². The van der Waals surface area contributed by atoms with E-state index in [2.05, 4.69) is 27.1 Å². The van der Waals surface area contributed by atoms with Gasteiger partial charge in [-0.1, -0.05) is 11.8 Å². The maximum Gasteiger partial charge on any atom is 0.338 e. The van der Waals surface area contributed by atoms with Gasteiger partial charge in [0.25, 0.3) is 0 Å². The van der Waals surface area contributed by atoms with Gasteiger partial charge < -0.3 is 15.0 Å². The van der Waals surface area contributed by atoms with Crippen LogP contribution in [0.3, 0.4) is 0 Å². The third-order valence-electron chi connectivity index (χ3n) is 4.76. The third-order valence-corrected chi connectivity index (χ3v) is 5.68. The summed E-state index contributed by atoms with van der Waals surface area (Å²) in [7, 11) is 0. The second-order valence-electron chi connectivity index (χ2n) is 6.89. The number of anilines is 2. The van der Waals surface area contributed by atoms with E-state index in [1.807, 2.05) is 6.07 Å². The number of thioether (sulfide) groups is 1. The summed E-state index contributed by atoms with van der Waals surface area (Å²) in [6.45, 7) is 5.31. The van der Waals surface area contributed by atoms with Crippen LogP contribution in [0.5, 0.6) is 0 Å². The van der Waals surface area contributed by atoms with Crippen molar-refractivity contribution in [2.45, 2.75) is 44.2 Å². The van der Waals surface area contributed by atoms with Gasteiger partial charge in [-0.2, -0.15) is 0 Å². The Labute approximate surface area is 175 Å². The topological polar surface area (TPSA) is 84.4 Å². The molecule has 1 N–H and O–H groups in total. The molecule has 2 aromatic rings. The quantitative estimate of drug-likeness (QED) is 0.419. The van der Waals surface area contributed by atoms with Crippen LogP contribution in [-0.2, 0) is 9.53 Å². The fourth-order valence-corrected chi connectivity index (χ4v) is 3.91. The molecule has 0 unspecified atom stereocenters. The number of piperidine rings is 1. The molecule has 1 saturated heterocycles. The second-order valence-corrected chi connectivity index (χ2v) is 7.88. The van der Waals surface area contributed by atoms with E-state index in [1.54, 1.807) is 37.5 Å². The summed E-state index contributed by atoms with van der Waals surface area (Å²) in [6, 6.07) is 9.07. The van der Waals surface area contributed by atoms with E-state index in [4.69, 9.17) is 4.74 Å². The van der Waals surface area contributed by atoms with Gasteiger partial charge in [0.2, 0.25) is 5.91 Å². The fraction of sp³-hybridized carbons (Fsp3) is 0.429. The Morgan fingerprint density at radius 2 is 2.03 bits per heavy atom. The van der Waals surface area contributed by atoms with Gasteiger partial charge in [-0.3, -0.25) is 4.79 Å². The second kappa shape index (κ2) is 10.2. The first kappa shape index (κ1) is 21.1. The summed E-state index contributed by atoms with van der Waals surface area (Å²) in [6.07, 6.45) is 5.16. The molecule has 1 aromatic carbocycles. The minimum Gasteiger partial charge on any atom is -0.462 e. The Balaban J connectivity index is 1.53. The molecular weight excluding hydrogens is 388 g/mol. The molecule has 0 bridgehead atoms. The van der Waals surface area contributed by atoms with Crippen LogP contribution in [0.4, 0.5) is 11.5 Å². The van der Waals surface area contributed by atoms with Crippen molar-refractivity contribution in [1.29, 1.82) is 0 Å². The average Bonchev–Trinajstić information content (AvgIpc) is 2.73. The van der Waals surface area contributed by atoms with Gasteiger partial charge in [0.15, 0.2) is 0 Å². The van der Waals surface area contributed by atoms with Crippen molar-refractivity contribution in [2.24, 2.45) is 0 Å². The lowest BCUT2D eigenvalue weighted by Gasteiger charge is -2.34. The van der Waals surface area contributed by atoms with Gasteiger partial charge in [0.05, 0.1) is 17.9 Å². The summed E-state index contributed by atoms with van der Waals surface area (Å²) < 4.78 is 4.95. The largest absolute Gasteiger partial charge is 0.462 e. The molecule has 1 aromatic heterocycles. The predicted molar refractivity (Wildman–Crippen MR) is 114 cm³/mol. The number of rotatable bonds is 7. The van der Waals surface area contributed by atoms with Gasteiger partial charge in [0.1, 0.15) is 17.2 Å². The maximum absolute atomic E-state index is 12.3. The molecule has 1 amide bonds. The summed E-state index contributed by atoms with van der Waals surface area (Å²) in [4.78, 5) is 34.9. The van der Waals surface area contributed by atoms with Crippen LogP contribution in [0.2, 0.25) is 0 Å². The maximum atomic E-state index is 12.3. The molecule has 29 heavy (non-hydrogen) atoms. The highest BCUT2D eigenvalue weighted by atomic mass is 32.2. The van der Waals surface area contributed by atoms with Crippen LogP contribution in [0.15, 0.2) is 41.7 Å². The Morgan fingerprint density at radius 3 is 2.76 bits per heavy atom.